The molecule has 2 saturated carbocycles. The molecule has 0 spiro atoms. The van der Waals surface area contributed by atoms with Crippen molar-refractivity contribution in [2.45, 2.75) is 95.6 Å². The van der Waals surface area contributed by atoms with E-state index in [1.807, 2.05) is 4.90 Å². The summed E-state index contributed by atoms with van der Waals surface area (Å²) in [5.41, 5.74) is 0. The van der Waals surface area contributed by atoms with Gasteiger partial charge in [-0.2, -0.15) is 0 Å². The van der Waals surface area contributed by atoms with Gasteiger partial charge in [-0.15, -0.1) is 0 Å². The van der Waals surface area contributed by atoms with E-state index in [9.17, 15) is 13.2 Å². The molecular weight excluding hydrogens is 364 g/mol. The minimum Gasteiger partial charge on any atom is -0.376 e. The van der Waals surface area contributed by atoms with Gasteiger partial charge in [-0.05, 0) is 63.2 Å². The van der Waals surface area contributed by atoms with Crippen LogP contribution in [0, 0.1) is 11.8 Å². The first-order valence-electron chi connectivity index (χ1n) is 10.7. The van der Waals surface area contributed by atoms with Gasteiger partial charge in [0.25, 0.3) is 0 Å². The van der Waals surface area contributed by atoms with Crippen LogP contribution in [0.25, 0.3) is 0 Å². The second-order valence-corrected chi connectivity index (χ2v) is 11.0. The van der Waals surface area contributed by atoms with Crippen molar-refractivity contribution in [2.24, 2.45) is 11.8 Å². The topological polar surface area (TPSA) is 75.7 Å². The molecule has 0 radical (unpaired) electrons. The maximum Gasteiger partial charge on any atom is 0.219 e. The zero-order valence-corrected chi connectivity index (χ0v) is 17.8. The molecule has 156 valence electrons. The minimum absolute atomic E-state index is 0.00226. The van der Waals surface area contributed by atoms with Crippen LogP contribution >= 0.6 is 0 Å². The number of nitrogens with one attached hydrogen (secondary N) is 1. The van der Waals surface area contributed by atoms with Gasteiger partial charge in [-0.1, -0.05) is 13.8 Å². The number of hydrogen-bond acceptors (Lipinski definition) is 4. The van der Waals surface area contributed by atoms with Gasteiger partial charge >= 0.3 is 0 Å². The summed E-state index contributed by atoms with van der Waals surface area (Å²) in [7, 11) is -3.27. The highest BCUT2D eigenvalue weighted by Crippen LogP contribution is 2.32. The Bertz CT molecular complexity index is 609. The zero-order valence-electron chi connectivity index (χ0n) is 17.0. The molecule has 3 fully saturated rings. The highest BCUT2D eigenvalue weighted by atomic mass is 32.2. The Morgan fingerprint density at radius 2 is 1.78 bits per heavy atom. The van der Waals surface area contributed by atoms with Crippen LogP contribution in [0.3, 0.4) is 0 Å². The van der Waals surface area contributed by atoms with Gasteiger partial charge in [0, 0.05) is 19.5 Å². The Kier molecular flexibility index (Phi) is 6.85. The lowest BCUT2D eigenvalue weighted by atomic mass is 9.80. The maximum atomic E-state index is 12.4. The molecule has 2 aliphatic carbocycles. The predicted molar refractivity (Wildman–Crippen MR) is 106 cm³/mol. The van der Waals surface area contributed by atoms with Crippen LogP contribution in [-0.4, -0.2) is 55.8 Å². The van der Waals surface area contributed by atoms with Gasteiger partial charge in [0.2, 0.25) is 15.9 Å². The number of rotatable bonds is 7. The molecule has 2 atom stereocenters. The number of hydrogen-bond donors (Lipinski definition) is 1. The number of ether oxygens (including phenoxy) is 1. The third-order valence-corrected chi connectivity index (χ3v) is 8.61. The average Bonchev–Trinajstić information content (AvgIpc) is 3.46. The van der Waals surface area contributed by atoms with Gasteiger partial charge in [0.1, 0.15) is 0 Å². The van der Waals surface area contributed by atoms with Crippen molar-refractivity contribution >= 4 is 15.9 Å². The van der Waals surface area contributed by atoms with Crippen LogP contribution in [-0.2, 0) is 19.6 Å². The van der Waals surface area contributed by atoms with Crippen molar-refractivity contribution in [2.75, 3.05) is 13.2 Å². The van der Waals surface area contributed by atoms with Crippen molar-refractivity contribution in [1.29, 1.82) is 0 Å². The van der Waals surface area contributed by atoms with Gasteiger partial charge < -0.3 is 9.64 Å². The molecule has 1 saturated heterocycles. The summed E-state index contributed by atoms with van der Waals surface area (Å²) < 4.78 is 34.0. The van der Waals surface area contributed by atoms with Crippen LogP contribution in [0.15, 0.2) is 0 Å². The lowest BCUT2D eigenvalue weighted by Crippen LogP contribution is -2.59. The minimum atomic E-state index is -3.27. The van der Waals surface area contributed by atoms with Crippen molar-refractivity contribution in [1.82, 2.24) is 9.62 Å². The van der Waals surface area contributed by atoms with Gasteiger partial charge in [-0.25, -0.2) is 13.1 Å². The molecule has 1 aliphatic heterocycles. The third kappa shape index (κ3) is 5.45. The van der Waals surface area contributed by atoms with Crippen molar-refractivity contribution in [3.63, 3.8) is 0 Å². The second kappa shape index (κ2) is 8.78. The smallest absolute Gasteiger partial charge is 0.219 e. The summed E-state index contributed by atoms with van der Waals surface area (Å²) >= 11 is 0. The van der Waals surface area contributed by atoms with Crippen LogP contribution in [0.1, 0.15) is 72.1 Å². The summed E-state index contributed by atoms with van der Waals surface area (Å²) in [6.45, 7) is 7.25. The van der Waals surface area contributed by atoms with Gasteiger partial charge in [0.05, 0.1) is 24.0 Å². The Balaban J connectivity index is 1.60. The van der Waals surface area contributed by atoms with Crippen LogP contribution < -0.4 is 4.72 Å². The lowest BCUT2D eigenvalue weighted by molar-refractivity contribution is -0.136. The van der Waals surface area contributed by atoms with E-state index in [4.69, 9.17) is 4.74 Å². The molecule has 1 N–H and O–H groups in total. The predicted octanol–water partition coefficient (Wildman–Crippen LogP) is 2.68. The first-order chi connectivity index (χ1) is 12.8. The van der Waals surface area contributed by atoms with E-state index < -0.39 is 10.0 Å². The highest BCUT2D eigenvalue weighted by molar-refractivity contribution is 7.90. The van der Waals surface area contributed by atoms with Gasteiger partial charge in [0.15, 0.2) is 0 Å². The number of carbonyl (C=O) groups is 1. The standard InChI is InChI=1S/C20H36N2O4S/c1-14(2)16-6-8-17(9-7-16)26-13-20-19(5-4-12-22(20)15(3)23)21-27(24,25)18-10-11-18/h14,16-21H,4-13H2,1-3H3/t16-,17+,19-,20-/m0/s1. The summed E-state index contributed by atoms with van der Waals surface area (Å²) in [5, 5.41) is -0.238. The van der Waals surface area contributed by atoms with E-state index in [1.54, 1.807) is 6.92 Å². The van der Waals surface area contributed by atoms with Crippen molar-refractivity contribution in [3.8, 4) is 0 Å². The Labute approximate surface area is 164 Å². The first-order valence-corrected chi connectivity index (χ1v) is 12.2. The third-order valence-electron chi connectivity index (χ3n) is 6.63. The Hall–Kier alpha value is -0.660. The highest BCUT2D eigenvalue weighted by Gasteiger charge is 2.41. The van der Waals surface area contributed by atoms with Gasteiger partial charge in [-0.3, -0.25) is 4.79 Å². The number of likely N-dealkylation sites (tertiary alicyclic amines) is 1. The molecule has 1 amide bonds. The number of amides is 1. The van der Waals surface area contributed by atoms with E-state index in [2.05, 4.69) is 18.6 Å². The summed E-state index contributed by atoms with van der Waals surface area (Å²) in [6, 6.07) is -0.437. The largest absolute Gasteiger partial charge is 0.376 e. The normalized spacial score (nSPS) is 32.7. The second-order valence-electron chi connectivity index (χ2n) is 9.00. The first kappa shape index (κ1) is 21.1. The van der Waals surface area contributed by atoms with Crippen LogP contribution in [0.5, 0.6) is 0 Å². The lowest BCUT2D eigenvalue weighted by Gasteiger charge is -2.42. The van der Waals surface area contributed by atoms with Crippen molar-refractivity contribution in [3.05, 3.63) is 0 Å². The molecule has 6 nitrogen and oxygen atoms in total. The molecule has 0 aromatic carbocycles. The van der Waals surface area contributed by atoms with Crippen LogP contribution in [0.4, 0.5) is 0 Å². The monoisotopic (exact) mass is 400 g/mol. The molecule has 7 heteroatoms. The molecule has 3 rings (SSSR count). The molecule has 0 aromatic heterocycles. The maximum absolute atomic E-state index is 12.4. The fourth-order valence-electron chi connectivity index (χ4n) is 4.63. The number of carbonyl (C=O) groups excluding carboxylic acids is 1. The summed E-state index contributed by atoms with van der Waals surface area (Å²) in [5.74, 6) is 1.51. The zero-order chi connectivity index (χ0) is 19.6. The molecule has 1 heterocycles. The quantitative estimate of drug-likeness (QED) is 0.713. The fourth-order valence-corrected chi connectivity index (χ4v) is 6.28. The molecular formula is C20H36N2O4S. The van der Waals surface area contributed by atoms with Crippen molar-refractivity contribution < 1.29 is 17.9 Å². The molecule has 0 unspecified atom stereocenters. The Morgan fingerprint density at radius 3 is 2.33 bits per heavy atom. The molecule has 3 aliphatic rings. The van der Waals surface area contributed by atoms with Crippen LogP contribution in [0.2, 0.25) is 0 Å². The summed E-state index contributed by atoms with van der Waals surface area (Å²) in [6.07, 6.45) is 7.84. The van der Waals surface area contributed by atoms with E-state index in [-0.39, 0.29) is 29.3 Å². The number of nitrogens with zero attached hydrogens (tertiary/aromatic N) is 1. The van der Waals surface area contributed by atoms with E-state index in [1.165, 1.54) is 12.8 Å². The van der Waals surface area contributed by atoms with E-state index >= 15 is 0 Å². The molecule has 0 aromatic rings. The number of piperidine rings is 1. The SMILES string of the molecule is CC(=O)N1CCC[C@H](NS(=O)(=O)C2CC2)[C@@H]1CO[C@H]1CC[C@@H](C(C)C)CC1. The number of sulfonamides is 1. The van der Waals surface area contributed by atoms with E-state index in [0.717, 1.165) is 50.4 Å². The summed E-state index contributed by atoms with van der Waals surface area (Å²) in [4.78, 5) is 13.9. The molecule has 27 heavy (non-hydrogen) atoms. The fraction of sp³-hybridized carbons (Fsp3) is 0.950. The molecule has 0 bridgehead atoms. The van der Waals surface area contributed by atoms with E-state index in [0.29, 0.717) is 13.2 Å². The average molecular weight is 401 g/mol. The Morgan fingerprint density at radius 1 is 1.11 bits per heavy atom.